The number of rotatable bonds is 4. The zero-order chi connectivity index (χ0) is 30.9. The van der Waals surface area contributed by atoms with E-state index in [0.29, 0.717) is 0 Å². The van der Waals surface area contributed by atoms with Gasteiger partial charge in [0.15, 0.2) is 5.58 Å². The van der Waals surface area contributed by atoms with Crippen LogP contribution in [0.4, 0.5) is 17.1 Å². The van der Waals surface area contributed by atoms with Crippen molar-refractivity contribution in [2.24, 2.45) is 0 Å². The molecular formula is C44H27NOS. The first-order valence-corrected chi connectivity index (χ1v) is 16.7. The highest BCUT2D eigenvalue weighted by Crippen LogP contribution is 2.45. The van der Waals surface area contributed by atoms with E-state index in [1.54, 1.807) is 0 Å². The monoisotopic (exact) mass is 617 g/mol. The predicted octanol–water partition coefficient (Wildman–Crippen LogP) is 13.4. The van der Waals surface area contributed by atoms with Crippen molar-refractivity contribution >= 4 is 92.1 Å². The predicted molar refractivity (Wildman–Crippen MR) is 202 cm³/mol. The quantitative estimate of drug-likeness (QED) is 0.195. The molecule has 0 radical (unpaired) electrons. The molecular weight excluding hydrogens is 591 g/mol. The number of nitrogens with zero attached hydrogens (tertiary/aromatic N) is 1. The lowest BCUT2D eigenvalue weighted by Crippen LogP contribution is -2.10. The minimum Gasteiger partial charge on any atom is -0.454 e. The molecule has 0 unspecified atom stereocenters. The lowest BCUT2D eigenvalue weighted by Gasteiger charge is -2.26. The van der Waals surface area contributed by atoms with Crippen LogP contribution in [0.3, 0.4) is 0 Å². The molecule has 47 heavy (non-hydrogen) atoms. The fourth-order valence-electron chi connectivity index (χ4n) is 7.27. The molecule has 0 saturated heterocycles. The fraction of sp³-hybridized carbons (Fsp3) is 0. The second kappa shape index (κ2) is 10.3. The minimum atomic E-state index is 0.881. The molecule has 0 fully saturated rings. The minimum absolute atomic E-state index is 0.881. The van der Waals surface area contributed by atoms with Crippen molar-refractivity contribution in [1.29, 1.82) is 0 Å². The zero-order valence-corrected chi connectivity index (χ0v) is 26.2. The van der Waals surface area contributed by atoms with Crippen molar-refractivity contribution < 1.29 is 4.42 Å². The molecule has 0 N–H and O–H groups in total. The van der Waals surface area contributed by atoms with Gasteiger partial charge >= 0.3 is 0 Å². The average molecular weight is 618 g/mol. The Labute approximate surface area is 275 Å². The number of fused-ring (bicyclic) bond motifs is 9. The first kappa shape index (κ1) is 26.3. The van der Waals surface area contributed by atoms with Gasteiger partial charge in [-0.3, -0.25) is 0 Å². The van der Waals surface area contributed by atoms with Crippen LogP contribution in [-0.2, 0) is 0 Å². The van der Waals surface area contributed by atoms with Gasteiger partial charge in [-0.1, -0.05) is 115 Å². The Balaban J connectivity index is 1.22. The van der Waals surface area contributed by atoms with Crippen molar-refractivity contribution in [2.45, 2.75) is 0 Å². The summed E-state index contributed by atoms with van der Waals surface area (Å²) in [5, 5.41) is 9.86. The van der Waals surface area contributed by atoms with Crippen LogP contribution < -0.4 is 4.90 Å². The summed E-state index contributed by atoms with van der Waals surface area (Å²) >= 11 is 1.86. The highest BCUT2D eigenvalue weighted by atomic mass is 32.1. The molecule has 2 heterocycles. The number of para-hydroxylation sites is 2. The molecule has 220 valence electrons. The fourth-order valence-corrected chi connectivity index (χ4v) is 8.39. The first-order valence-electron chi connectivity index (χ1n) is 15.9. The molecule has 2 nitrogen and oxygen atoms in total. The van der Waals surface area contributed by atoms with Gasteiger partial charge in [0.25, 0.3) is 0 Å². The Morgan fingerprint density at radius 3 is 2.04 bits per heavy atom. The summed E-state index contributed by atoms with van der Waals surface area (Å²) < 4.78 is 9.23. The van der Waals surface area contributed by atoms with Crippen LogP contribution in [0.5, 0.6) is 0 Å². The van der Waals surface area contributed by atoms with E-state index in [9.17, 15) is 0 Å². The molecule has 0 atom stereocenters. The van der Waals surface area contributed by atoms with Gasteiger partial charge in [0.1, 0.15) is 5.58 Å². The van der Waals surface area contributed by atoms with Crippen molar-refractivity contribution in [3.63, 3.8) is 0 Å². The Bertz CT molecular complexity index is 2800. The molecule has 0 spiro atoms. The third-order valence-corrected chi connectivity index (χ3v) is 10.6. The Morgan fingerprint density at radius 1 is 0.447 bits per heavy atom. The van der Waals surface area contributed by atoms with Crippen LogP contribution in [0.25, 0.3) is 74.8 Å². The summed E-state index contributed by atoms with van der Waals surface area (Å²) in [4.78, 5) is 2.35. The molecule has 3 heteroatoms. The van der Waals surface area contributed by atoms with E-state index in [4.69, 9.17) is 4.42 Å². The van der Waals surface area contributed by atoms with E-state index in [2.05, 4.69) is 163 Å². The van der Waals surface area contributed by atoms with Gasteiger partial charge in [0, 0.05) is 42.3 Å². The third-order valence-electron chi connectivity index (χ3n) is 9.45. The lowest BCUT2D eigenvalue weighted by molar-refractivity contribution is 0.669. The number of benzene rings is 8. The van der Waals surface area contributed by atoms with E-state index in [1.165, 1.54) is 52.8 Å². The van der Waals surface area contributed by atoms with Gasteiger partial charge in [0.05, 0.1) is 5.69 Å². The lowest BCUT2D eigenvalue weighted by atomic mass is 9.98. The molecule has 0 bridgehead atoms. The largest absolute Gasteiger partial charge is 0.454 e. The molecule has 0 aliphatic heterocycles. The second-order valence-corrected chi connectivity index (χ2v) is 13.2. The van der Waals surface area contributed by atoms with Crippen molar-refractivity contribution in [2.75, 3.05) is 4.90 Å². The summed E-state index contributed by atoms with van der Waals surface area (Å²) in [5.41, 5.74) is 7.38. The topological polar surface area (TPSA) is 16.4 Å². The highest BCUT2D eigenvalue weighted by molar-refractivity contribution is 7.26. The number of anilines is 3. The maximum atomic E-state index is 6.61. The Kier molecular flexibility index (Phi) is 5.78. The van der Waals surface area contributed by atoms with Crippen LogP contribution in [-0.4, -0.2) is 0 Å². The number of hydrogen-bond acceptors (Lipinski definition) is 3. The zero-order valence-electron chi connectivity index (χ0n) is 25.4. The van der Waals surface area contributed by atoms with E-state index >= 15 is 0 Å². The van der Waals surface area contributed by atoms with Crippen LogP contribution >= 0.6 is 11.3 Å². The van der Waals surface area contributed by atoms with Crippen molar-refractivity contribution in [1.82, 2.24) is 0 Å². The van der Waals surface area contributed by atoms with Gasteiger partial charge < -0.3 is 9.32 Å². The van der Waals surface area contributed by atoms with Gasteiger partial charge in [-0.05, 0) is 81.2 Å². The SMILES string of the molecule is c1ccc2c(-c3ccc(N(c4ccc5ccc6sc7ccccc7c6c5c4)c4cccc5c4oc4ccccc45)cc3)cccc2c1. The van der Waals surface area contributed by atoms with Crippen LogP contribution in [0.1, 0.15) is 0 Å². The summed E-state index contributed by atoms with van der Waals surface area (Å²) in [6.45, 7) is 0. The van der Waals surface area contributed by atoms with Gasteiger partial charge in [-0.25, -0.2) is 0 Å². The van der Waals surface area contributed by atoms with Crippen LogP contribution in [0.2, 0.25) is 0 Å². The molecule has 0 aliphatic carbocycles. The van der Waals surface area contributed by atoms with E-state index in [0.717, 1.165) is 39.0 Å². The van der Waals surface area contributed by atoms with Crippen molar-refractivity contribution in [3.05, 3.63) is 164 Å². The average Bonchev–Trinajstić information content (AvgIpc) is 3.71. The first-order chi connectivity index (χ1) is 23.3. The van der Waals surface area contributed by atoms with Gasteiger partial charge in [-0.15, -0.1) is 11.3 Å². The Morgan fingerprint density at radius 2 is 1.13 bits per heavy atom. The van der Waals surface area contributed by atoms with E-state index in [-0.39, 0.29) is 0 Å². The van der Waals surface area contributed by atoms with Crippen LogP contribution in [0, 0.1) is 0 Å². The molecule has 0 saturated carbocycles. The summed E-state index contributed by atoms with van der Waals surface area (Å²) in [7, 11) is 0. The molecule has 10 aromatic rings. The second-order valence-electron chi connectivity index (χ2n) is 12.1. The standard InChI is InChI=1S/C44H27NOS/c1-2-11-33-28(9-1)10-7-14-34(33)29-19-23-31(24-20-29)45(39-16-8-15-36-35-12-3-5-17-40(35)46-44(36)39)32-25-21-30-22-26-42-43(38(30)27-32)37-13-4-6-18-41(37)47-42/h1-27H. The summed E-state index contributed by atoms with van der Waals surface area (Å²) in [6.07, 6.45) is 0. The van der Waals surface area contributed by atoms with E-state index < -0.39 is 0 Å². The Hall–Kier alpha value is -5.90. The number of hydrogen-bond donors (Lipinski definition) is 0. The highest BCUT2D eigenvalue weighted by Gasteiger charge is 2.20. The molecule has 0 aliphatic rings. The molecule has 8 aromatic carbocycles. The number of furan rings is 1. The molecule has 2 aromatic heterocycles. The maximum Gasteiger partial charge on any atom is 0.159 e. The summed E-state index contributed by atoms with van der Waals surface area (Å²) in [6, 6.07) is 59.0. The third kappa shape index (κ3) is 4.10. The van der Waals surface area contributed by atoms with Gasteiger partial charge in [0.2, 0.25) is 0 Å². The smallest absolute Gasteiger partial charge is 0.159 e. The van der Waals surface area contributed by atoms with E-state index in [1.807, 2.05) is 17.4 Å². The van der Waals surface area contributed by atoms with Gasteiger partial charge in [-0.2, -0.15) is 0 Å². The normalized spacial score (nSPS) is 11.8. The van der Waals surface area contributed by atoms with Crippen LogP contribution in [0.15, 0.2) is 168 Å². The maximum absolute atomic E-state index is 6.61. The molecule has 0 amide bonds. The molecule has 10 rings (SSSR count). The summed E-state index contributed by atoms with van der Waals surface area (Å²) in [5.74, 6) is 0. The van der Waals surface area contributed by atoms with Crippen molar-refractivity contribution in [3.8, 4) is 11.1 Å². The number of thiophene rings is 1.